The molecule has 0 spiro atoms. The van der Waals surface area contributed by atoms with E-state index in [4.69, 9.17) is 5.73 Å². The monoisotopic (exact) mass is 190 g/mol. The second-order valence-electron chi connectivity index (χ2n) is 2.91. The summed E-state index contributed by atoms with van der Waals surface area (Å²) < 4.78 is 0. The minimum absolute atomic E-state index is 0.515. The van der Waals surface area contributed by atoms with Crippen LogP contribution in [0.1, 0.15) is 6.92 Å². The number of dihydropyridines is 1. The highest BCUT2D eigenvalue weighted by molar-refractivity contribution is 5.77. The topological polar surface area (TPSA) is 55.1 Å². The first-order valence-corrected chi connectivity index (χ1v) is 4.47. The summed E-state index contributed by atoms with van der Waals surface area (Å²) in [6, 6.07) is 0. The Morgan fingerprint density at radius 3 is 2.79 bits per heavy atom. The van der Waals surface area contributed by atoms with Gasteiger partial charge in [0.1, 0.15) is 6.29 Å². The molecule has 0 atom stereocenters. The van der Waals surface area contributed by atoms with Crippen molar-refractivity contribution in [3.05, 3.63) is 47.3 Å². The summed E-state index contributed by atoms with van der Waals surface area (Å²) in [6.45, 7) is 2.34. The maximum absolute atomic E-state index is 10.5. The first-order chi connectivity index (χ1) is 6.80. The average molecular weight is 190 g/mol. The van der Waals surface area contributed by atoms with Crippen molar-refractivity contribution in [3.8, 4) is 0 Å². The van der Waals surface area contributed by atoms with E-state index in [0.717, 1.165) is 17.6 Å². The van der Waals surface area contributed by atoms with E-state index >= 15 is 0 Å². The van der Waals surface area contributed by atoms with Gasteiger partial charge in [-0.3, -0.25) is 4.79 Å². The van der Waals surface area contributed by atoms with Gasteiger partial charge >= 0.3 is 0 Å². The molecule has 3 heteroatoms. The van der Waals surface area contributed by atoms with Gasteiger partial charge in [-0.25, -0.2) is 0 Å². The Morgan fingerprint density at radius 2 is 2.36 bits per heavy atom. The third-order valence-corrected chi connectivity index (χ3v) is 1.93. The molecule has 3 nitrogen and oxygen atoms in total. The largest absolute Gasteiger partial charge is 0.361 e. The van der Waals surface area contributed by atoms with E-state index in [1.807, 2.05) is 25.3 Å². The van der Waals surface area contributed by atoms with Gasteiger partial charge < -0.3 is 11.1 Å². The van der Waals surface area contributed by atoms with Crippen LogP contribution in [-0.4, -0.2) is 12.8 Å². The minimum atomic E-state index is 0.515. The second kappa shape index (κ2) is 5.19. The van der Waals surface area contributed by atoms with E-state index in [9.17, 15) is 4.79 Å². The smallest absolute Gasteiger partial charge is 0.149 e. The molecule has 3 N–H and O–H groups in total. The molecule has 74 valence electrons. The number of hydrogen-bond acceptors (Lipinski definition) is 3. The predicted octanol–water partition coefficient (Wildman–Crippen LogP) is 1.02. The number of aldehydes is 1. The second-order valence-corrected chi connectivity index (χ2v) is 2.91. The van der Waals surface area contributed by atoms with Crippen molar-refractivity contribution < 1.29 is 4.79 Å². The molecular weight excluding hydrogens is 176 g/mol. The lowest BCUT2D eigenvalue weighted by atomic mass is 10.1. The van der Waals surface area contributed by atoms with Gasteiger partial charge in [0.05, 0.1) is 0 Å². The Hall–Kier alpha value is -1.61. The van der Waals surface area contributed by atoms with Crippen LogP contribution in [0.4, 0.5) is 0 Å². The summed E-state index contributed by atoms with van der Waals surface area (Å²) >= 11 is 0. The number of nitrogens with one attached hydrogen (secondary N) is 1. The standard InChI is InChI=1S/C11H14N2O/c1-2-9(8-14)5-11-4-3-10(6-12)7-13-11/h2-5,7-8,13H,6,12H2,1H3/b9-2+,11-5-. The number of allylic oxidation sites excluding steroid dienone is 4. The van der Waals surface area contributed by atoms with E-state index in [1.165, 1.54) is 0 Å². The minimum Gasteiger partial charge on any atom is -0.361 e. The van der Waals surface area contributed by atoms with Crippen LogP contribution in [0.15, 0.2) is 47.3 Å². The third-order valence-electron chi connectivity index (χ3n) is 1.93. The summed E-state index contributed by atoms with van der Waals surface area (Å²) in [7, 11) is 0. The molecule has 1 aliphatic rings. The molecule has 0 amide bonds. The third kappa shape index (κ3) is 2.71. The van der Waals surface area contributed by atoms with Gasteiger partial charge in [-0.15, -0.1) is 0 Å². The number of hydrogen-bond donors (Lipinski definition) is 2. The molecule has 0 aromatic carbocycles. The highest BCUT2D eigenvalue weighted by atomic mass is 16.1. The molecule has 0 saturated carbocycles. The van der Waals surface area contributed by atoms with Crippen LogP contribution < -0.4 is 11.1 Å². The van der Waals surface area contributed by atoms with Crippen LogP contribution in [0.3, 0.4) is 0 Å². The summed E-state index contributed by atoms with van der Waals surface area (Å²) in [5.41, 5.74) is 8.04. The van der Waals surface area contributed by atoms with E-state index < -0.39 is 0 Å². The molecule has 14 heavy (non-hydrogen) atoms. The molecular formula is C11H14N2O. The van der Waals surface area contributed by atoms with Crippen molar-refractivity contribution >= 4 is 6.29 Å². The van der Waals surface area contributed by atoms with E-state index in [0.29, 0.717) is 12.1 Å². The number of carbonyl (C=O) groups excluding carboxylic acids is 1. The lowest BCUT2D eigenvalue weighted by Crippen LogP contribution is -2.12. The first kappa shape index (κ1) is 10.5. The summed E-state index contributed by atoms with van der Waals surface area (Å²) in [5, 5.41) is 3.05. The van der Waals surface area contributed by atoms with Crippen molar-refractivity contribution in [3.63, 3.8) is 0 Å². The highest BCUT2D eigenvalue weighted by Gasteiger charge is 1.99. The summed E-state index contributed by atoms with van der Waals surface area (Å²) in [5.74, 6) is 0. The molecule has 0 radical (unpaired) electrons. The van der Waals surface area contributed by atoms with Crippen LogP contribution in [0.5, 0.6) is 0 Å². The SMILES string of the molecule is C/C=C(C=O)\C=C1\C=CC(CN)=CN1. The number of nitrogens with two attached hydrogens (primary N) is 1. The maximum atomic E-state index is 10.5. The van der Waals surface area contributed by atoms with Gasteiger partial charge in [0, 0.05) is 24.0 Å². The first-order valence-electron chi connectivity index (χ1n) is 4.47. The van der Waals surface area contributed by atoms with Crippen LogP contribution in [-0.2, 0) is 4.79 Å². The zero-order chi connectivity index (χ0) is 10.4. The molecule has 0 unspecified atom stereocenters. The van der Waals surface area contributed by atoms with E-state index in [1.54, 1.807) is 12.2 Å². The van der Waals surface area contributed by atoms with Crippen LogP contribution in [0, 0.1) is 0 Å². The molecule has 1 rings (SSSR count). The van der Waals surface area contributed by atoms with Gasteiger partial charge in [-0.05, 0) is 24.6 Å². The predicted molar refractivity (Wildman–Crippen MR) is 57.3 cm³/mol. The molecule has 0 fully saturated rings. The molecule has 0 bridgehead atoms. The molecule has 0 aliphatic carbocycles. The number of carbonyl (C=O) groups is 1. The fourth-order valence-corrected chi connectivity index (χ4v) is 1.05. The molecule has 1 heterocycles. The van der Waals surface area contributed by atoms with Gasteiger partial charge in [-0.1, -0.05) is 12.2 Å². The zero-order valence-electron chi connectivity index (χ0n) is 8.16. The quantitative estimate of drug-likeness (QED) is 0.516. The summed E-state index contributed by atoms with van der Waals surface area (Å²) in [4.78, 5) is 10.5. The molecule has 0 aromatic heterocycles. The summed E-state index contributed by atoms with van der Waals surface area (Å²) in [6.07, 6.45) is 10.0. The molecule has 0 saturated heterocycles. The lowest BCUT2D eigenvalue weighted by Gasteiger charge is -2.09. The molecule has 0 aromatic rings. The number of rotatable bonds is 3. The average Bonchev–Trinajstić information content (AvgIpc) is 2.26. The zero-order valence-corrected chi connectivity index (χ0v) is 8.16. The molecule has 1 aliphatic heterocycles. The Bertz CT molecular complexity index is 335. The van der Waals surface area contributed by atoms with Gasteiger partial charge in [0.2, 0.25) is 0 Å². The fourth-order valence-electron chi connectivity index (χ4n) is 1.05. The van der Waals surface area contributed by atoms with Crippen LogP contribution >= 0.6 is 0 Å². The van der Waals surface area contributed by atoms with Crippen molar-refractivity contribution in [2.45, 2.75) is 6.92 Å². The maximum Gasteiger partial charge on any atom is 0.149 e. The Balaban J connectivity index is 2.72. The normalized spacial score (nSPS) is 19.1. The van der Waals surface area contributed by atoms with Gasteiger partial charge in [0.15, 0.2) is 0 Å². The van der Waals surface area contributed by atoms with E-state index in [-0.39, 0.29) is 0 Å². The fraction of sp³-hybridized carbons (Fsp3) is 0.182. The van der Waals surface area contributed by atoms with E-state index in [2.05, 4.69) is 5.32 Å². The highest BCUT2D eigenvalue weighted by Crippen LogP contribution is 2.07. The Kier molecular flexibility index (Phi) is 3.88. The van der Waals surface area contributed by atoms with Crippen molar-refractivity contribution in [2.24, 2.45) is 5.73 Å². The van der Waals surface area contributed by atoms with Crippen molar-refractivity contribution in [2.75, 3.05) is 6.54 Å². The Labute approximate surface area is 83.7 Å². The van der Waals surface area contributed by atoms with Crippen LogP contribution in [0.2, 0.25) is 0 Å². The van der Waals surface area contributed by atoms with Crippen molar-refractivity contribution in [1.29, 1.82) is 0 Å². The van der Waals surface area contributed by atoms with Gasteiger partial charge in [0.25, 0.3) is 0 Å². The Morgan fingerprint density at radius 1 is 1.57 bits per heavy atom. The lowest BCUT2D eigenvalue weighted by molar-refractivity contribution is -0.104. The van der Waals surface area contributed by atoms with Crippen LogP contribution in [0.25, 0.3) is 0 Å². The van der Waals surface area contributed by atoms with Crippen molar-refractivity contribution in [1.82, 2.24) is 5.32 Å². The van der Waals surface area contributed by atoms with Gasteiger partial charge in [-0.2, -0.15) is 0 Å².